The van der Waals surface area contributed by atoms with Crippen molar-refractivity contribution in [3.8, 4) is 0 Å². The van der Waals surface area contributed by atoms with Crippen LogP contribution in [0.15, 0.2) is 24.3 Å². The molecular weight excluding hydrogens is 328 g/mol. The van der Waals surface area contributed by atoms with Gasteiger partial charge in [0.05, 0.1) is 19.0 Å². The van der Waals surface area contributed by atoms with Crippen molar-refractivity contribution in [3.63, 3.8) is 0 Å². The van der Waals surface area contributed by atoms with E-state index in [9.17, 15) is 9.59 Å². The zero-order valence-corrected chi connectivity index (χ0v) is 15.7. The summed E-state index contributed by atoms with van der Waals surface area (Å²) >= 11 is 0. The number of carbonyl (C=O) groups excluding carboxylic acids is 2. The summed E-state index contributed by atoms with van der Waals surface area (Å²) in [5, 5.41) is 2.98. The van der Waals surface area contributed by atoms with Crippen LogP contribution in [-0.2, 0) is 9.59 Å². The predicted octanol–water partition coefficient (Wildman–Crippen LogP) is 0.642. The van der Waals surface area contributed by atoms with Gasteiger partial charge in [0.15, 0.2) is 6.54 Å². The summed E-state index contributed by atoms with van der Waals surface area (Å²) in [7, 11) is 0. The van der Waals surface area contributed by atoms with E-state index in [2.05, 4.69) is 29.3 Å². The fourth-order valence-corrected chi connectivity index (χ4v) is 4.01. The second-order valence-corrected chi connectivity index (χ2v) is 7.89. The Hall–Kier alpha value is -2.08. The Morgan fingerprint density at radius 1 is 1.19 bits per heavy atom. The molecule has 2 fully saturated rings. The Kier molecular flexibility index (Phi) is 6.14. The van der Waals surface area contributed by atoms with Crippen LogP contribution in [0.1, 0.15) is 32.6 Å². The number of hydrogen-bond donors (Lipinski definition) is 3. The lowest BCUT2D eigenvalue weighted by Crippen LogP contribution is -3.14. The van der Waals surface area contributed by atoms with Gasteiger partial charge in [-0.1, -0.05) is 6.92 Å². The molecule has 1 unspecified atom stereocenters. The van der Waals surface area contributed by atoms with Crippen molar-refractivity contribution in [2.24, 2.45) is 17.6 Å². The highest BCUT2D eigenvalue weighted by atomic mass is 16.2. The van der Waals surface area contributed by atoms with Crippen molar-refractivity contribution in [1.82, 2.24) is 0 Å². The second kappa shape index (κ2) is 8.54. The predicted molar refractivity (Wildman–Crippen MR) is 103 cm³/mol. The number of nitrogens with zero attached hydrogens (tertiary/aromatic N) is 1. The molecule has 0 aromatic heterocycles. The molecule has 0 aliphatic carbocycles. The lowest BCUT2D eigenvalue weighted by Gasteiger charge is -2.32. The number of benzene rings is 1. The highest BCUT2D eigenvalue weighted by molar-refractivity contribution is 5.91. The monoisotopic (exact) mass is 359 g/mol. The maximum atomic E-state index is 12.3. The molecule has 1 aromatic rings. The van der Waals surface area contributed by atoms with Crippen molar-refractivity contribution < 1.29 is 14.5 Å². The van der Waals surface area contributed by atoms with Gasteiger partial charge in [0, 0.05) is 24.5 Å². The molecule has 1 aromatic carbocycles. The van der Waals surface area contributed by atoms with Gasteiger partial charge < -0.3 is 20.9 Å². The van der Waals surface area contributed by atoms with Crippen molar-refractivity contribution in [2.45, 2.75) is 32.6 Å². The van der Waals surface area contributed by atoms with Gasteiger partial charge in [0.2, 0.25) is 5.91 Å². The van der Waals surface area contributed by atoms with Crippen LogP contribution in [0.25, 0.3) is 0 Å². The number of piperidine rings is 2. The zero-order valence-electron chi connectivity index (χ0n) is 15.7. The van der Waals surface area contributed by atoms with Gasteiger partial charge in [-0.15, -0.1) is 0 Å². The Morgan fingerprint density at radius 2 is 1.88 bits per heavy atom. The van der Waals surface area contributed by atoms with Crippen LogP contribution in [0.2, 0.25) is 0 Å². The summed E-state index contributed by atoms with van der Waals surface area (Å²) in [5.74, 6) is 0.462. The Labute approximate surface area is 155 Å². The number of amides is 2. The van der Waals surface area contributed by atoms with Crippen molar-refractivity contribution >= 4 is 23.2 Å². The molecule has 0 bridgehead atoms. The molecule has 2 atom stereocenters. The molecule has 4 N–H and O–H groups in total. The molecule has 0 radical (unpaired) electrons. The van der Waals surface area contributed by atoms with Crippen LogP contribution in [0.5, 0.6) is 0 Å². The summed E-state index contributed by atoms with van der Waals surface area (Å²) in [6, 6.07) is 8.12. The third kappa shape index (κ3) is 4.97. The zero-order chi connectivity index (χ0) is 18.5. The summed E-state index contributed by atoms with van der Waals surface area (Å²) in [6.45, 7) is 6.48. The van der Waals surface area contributed by atoms with E-state index in [1.54, 1.807) is 0 Å². The second-order valence-electron chi connectivity index (χ2n) is 7.89. The van der Waals surface area contributed by atoms with Gasteiger partial charge in [-0.05, 0) is 55.9 Å². The SMILES string of the molecule is CC1CCN(c2ccc(NC(=O)C[NH+]3CCC[C@@H](C(N)=O)C3)cc2)CC1. The molecule has 2 amide bonds. The molecule has 6 heteroatoms. The van der Waals surface area contributed by atoms with E-state index in [1.807, 2.05) is 12.1 Å². The first-order valence-electron chi connectivity index (χ1n) is 9.79. The van der Waals surface area contributed by atoms with E-state index >= 15 is 0 Å². The van der Waals surface area contributed by atoms with E-state index < -0.39 is 0 Å². The molecule has 0 saturated carbocycles. The van der Waals surface area contributed by atoms with Gasteiger partial charge in [-0.3, -0.25) is 9.59 Å². The molecule has 0 spiro atoms. The summed E-state index contributed by atoms with van der Waals surface area (Å²) < 4.78 is 0. The average molecular weight is 359 g/mol. The minimum Gasteiger partial charge on any atom is -0.372 e. The first kappa shape index (κ1) is 18.7. The number of nitrogens with two attached hydrogens (primary N) is 1. The molecule has 26 heavy (non-hydrogen) atoms. The van der Waals surface area contributed by atoms with Crippen LogP contribution in [0, 0.1) is 11.8 Å². The molecular formula is C20H31N4O2+. The molecule has 3 rings (SSSR count). The number of rotatable bonds is 5. The Bertz CT molecular complexity index is 623. The minimum atomic E-state index is -0.245. The van der Waals surface area contributed by atoms with Gasteiger partial charge in [0.25, 0.3) is 5.91 Å². The lowest BCUT2D eigenvalue weighted by atomic mass is 9.97. The lowest BCUT2D eigenvalue weighted by molar-refractivity contribution is -0.899. The Balaban J connectivity index is 1.49. The topological polar surface area (TPSA) is 79.9 Å². The van der Waals surface area contributed by atoms with E-state index in [0.717, 1.165) is 49.0 Å². The number of quaternary nitrogens is 1. The average Bonchev–Trinajstić information content (AvgIpc) is 2.63. The number of carbonyl (C=O) groups is 2. The van der Waals surface area contributed by atoms with E-state index in [0.29, 0.717) is 13.1 Å². The molecule has 2 heterocycles. The third-order valence-corrected chi connectivity index (χ3v) is 5.73. The van der Waals surface area contributed by atoms with E-state index in [4.69, 9.17) is 5.73 Å². The van der Waals surface area contributed by atoms with Gasteiger partial charge in [0.1, 0.15) is 0 Å². The molecule has 142 valence electrons. The number of primary amides is 1. The van der Waals surface area contributed by atoms with Crippen molar-refractivity contribution in [3.05, 3.63) is 24.3 Å². The molecule has 2 aliphatic rings. The van der Waals surface area contributed by atoms with Gasteiger partial charge in [-0.25, -0.2) is 0 Å². The maximum absolute atomic E-state index is 12.3. The number of nitrogens with one attached hydrogen (secondary N) is 2. The standard InChI is InChI=1S/C20H30N4O2/c1-15-8-11-24(12-9-15)18-6-4-17(5-7-18)22-19(25)14-23-10-2-3-16(13-23)20(21)26/h4-7,15-16H,2-3,8-14H2,1H3,(H2,21,26)(H,22,25)/p+1/t16-/m1/s1. The van der Waals surface area contributed by atoms with Gasteiger partial charge in [-0.2, -0.15) is 0 Å². The molecule has 6 nitrogen and oxygen atoms in total. The minimum absolute atomic E-state index is 0.00957. The van der Waals surface area contributed by atoms with Crippen LogP contribution in [-0.4, -0.2) is 44.5 Å². The van der Waals surface area contributed by atoms with Crippen LogP contribution < -0.4 is 20.9 Å². The normalized spacial score (nSPS) is 24.3. The number of likely N-dealkylation sites (tertiary alicyclic amines) is 1. The highest BCUT2D eigenvalue weighted by Crippen LogP contribution is 2.24. The van der Waals surface area contributed by atoms with Crippen molar-refractivity contribution in [1.29, 1.82) is 0 Å². The fraction of sp³-hybridized carbons (Fsp3) is 0.600. The first-order chi connectivity index (χ1) is 12.5. The van der Waals surface area contributed by atoms with Crippen molar-refractivity contribution in [2.75, 3.05) is 42.9 Å². The quantitative estimate of drug-likeness (QED) is 0.722. The summed E-state index contributed by atoms with van der Waals surface area (Å²) in [4.78, 5) is 27.2. The summed E-state index contributed by atoms with van der Waals surface area (Å²) in [5.41, 5.74) is 7.46. The highest BCUT2D eigenvalue weighted by Gasteiger charge is 2.28. The Morgan fingerprint density at radius 3 is 2.54 bits per heavy atom. The fourth-order valence-electron chi connectivity index (χ4n) is 4.01. The maximum Gasteiger partial charge on any atom is 0.279 e. The first-order valence-corrected chi connectivity index (χ1v) is 9.79. The number of hydrogen-bond acceptors (Lipinski definition) is 3. The molecule has 2 saturated heterocycles. The van der Waals surface area contributed by atoms with Gasteiger partial charge >= 0.3 is 0 Å². The van der Waals surface area contributed by atoms with Crippen LogP contribution >= 0.6 is 0 Å². The largest absolute Gasteiger partial charge is 0.372 e. The van der Waals surface area contributed by atoms with E-state index in [-0.39, 0.29) is 17.7 Å². The van der Waals surface area contributed by atoms with Crippen LogP contribution in [0.3, 0.4) is 0 Å². The molecule has 2 aliphatic heterocycles. The van der Waals surface area contributed by atoms with Crippen LogP contribution in [0.4, 0.5) is 11.4 Å². The smallest absolute Gasteiger partial charge is 0.279 e. The number of anilines is 2. The third-order valence-electron chi connectivity index (χ3n) is 5.73. The summed E-state index contributed by atoms with van der Waals surface area (Å²) in [6.07, 6.45) is 4.27. The van der Waals surface area contributed by atoms with E-state index in [1.165, 1.54) is 18.5 Å².